The van der Waals surface area contributed by atoms with Crippen LogP contribution in [0.1, 0.15) is 48.9 Å². The molecule has 6 nitrogen and oxygen atoms in total. The quantitative estimate of drug-likeness (QED) is 0.853. The summed E-state index contributed by atoms with van der Waals surface area (Å²) in [6, 6.07) is 6.94. The maximum Gasteiger partial charge on any atom is 0.307 e. The number of carboxylic acid groups (broad SMARTS) is 1. The molecule has 2 amide bonds. The molecule has 4 rings (SSSR count). The van der Waals surface area contributed by atoms with Gasteiger partial charge >= 0.3 is 5.97 Å². The molecule has 2 saturated carbocycles. The Balaban J connectivity index is 1.41. The number of hydrogen-bond donors (Lipinski definition) is 2. The summed E-state index contributed by atoms with van der Waals surface area (Å²) in [5.41, 5.74) is 1.24. The van der Waals surface area contributed by atoms with Crippen LogP contribution in [0.5, 0.6) is 0 Å². The predicted octanol–water partition coefficient (Wildman–Crippen LogP) is 3.00. The van der Waals surface area contributed by atoms with Gasteiger partial charge in [0.15, 0.2) is 0 Å². The average molecular weight is 370 g/mol. The number of piperidine rings is 1. The van der Waals surface area contributed by atoms with Crippen LogP contribution in [0.3, 0.4) is 0 Å². The smallest absolute Gasteiger partial charge is 0.307 e. The Bertz CT molecular complexity index is 739. The van der Waals surface area contributed by atoms with Crippen LogP contribution in [-0.4, -0.2) is 40.9 Å². The van der Waals surface area contributed by atoms with Crippen molar-refractivity contribution in [2.45, 2.75) is 38.5 Å². The van der Waals surface area contributed by atoms with Crippen LogP contribution in [0.25, 0.3) is 0 Å². The minimum absolute atomic E-state index is 0.0339. The van der Waals surface area contributed by atoms with Gasteiger partial charge in [0, 0.05) is 24.3 Å². The molecule has 0 unspecified atom stereocenters. The van der Waals surface area contributed by atoms with E-state index in [1.807, 2.05) is 4.90 Å². The van der Waals surface area contributed by atoms with Crippen LogP contribution in [0, 0.1) is 23.7 Å². The fourth-order valence-corrected chi connectivity index (χ4v) is 5.23. The second-order valence-electron chi connectivity index (χ2n) is 8.14. The first kappa shape index (κ1) is 18.0. The fraction of sp³-hybridized carbons (Fsp3) is 0.571. The van der Waals surface area contributed by atoms with E-state index in [1.165, 1.54) is 6.42 Å². The van der Waals surface area contributed by atoms with E-state index in [1.54, 1.807) is 24.3 Å². The van der Waals surface area contributed by atoms with E-state index in [0.29, 0.717) is 11.3 Å². The predicted molar refractivity (Wildman–Crippen MR) is 100 cm³/mol. The number of hydrogen-bond acceptors (Lipinski definition) is 3. The minimum Gasteiger partial charge on any atom is -0.481 e. The standard InChI is InChI=1S/C21H26N2O4/c24-19(17-14-4-5-15(12-14)18(17)21(26)27)22-16-8-6-13(7-9-16)20(25)23-10-2-1-3-11-23/h6-9,14-15,17-18H,1-5,10-12H2,(H,22,24)(H,26,27)/t14-,15-,17-,18-/m0/s1. The molecule has 2 aliphatic carbocycles. The summed E-state index contributed by atoms with van der Waals surface area (Å²) in [4.78, 5) is 38.7. The van der Waals surface area contributed by atoms with Crippen LogP contribution in [0.15, 0.2) is 24.3 Å². The topological polar surface area (TPSA) is 86.7 Å². The molecule has 1 aromatic carbocycles. The number of carbonyl (C=O) groups excluding carboxylic acids is 2. The largest absolute Gasteiger partial charge is 0.481 e. The number of nitrogens with zero attached hydrogens (tertiary/aromatic N) is 1. The van der Waals surface area contributed by atoms with Gasteiger partial charge in [-0.1, -0.05) is 0 Å². The summed E-state index contributed by atoms with van der Waals surface area (Å²) in [6.45, 7) is 1.61. The lowest BCUT2D eigenvalue weighted by molar-refractivity contribution is -0.148. The molecule has 0 aromatic heterocycles. The van der Waals surface area contributed by atoms with Gasteiger partial charge in [-0.3, -0.25) is 14.4 Å². The molecule has 0 spiro atoms. The molecule has 1 aromatic rings. The van der Waals surface area contributed by atoms with Crippen molar-refractivity contribution in [2.24, 2.45) is 23.7 Å². The van der Waals surface area contributed by atoms with Crippen LogP contribution < -0.4 is 5.32 Å². The summed E-state index contributed by atoms with van der Waals surface area (Å²) < 4.78 is 0. The lowest BCUT2D eigenvalue weighted by Gasteiger charge is -2.27. The SMILES string of the molecule is O=C(O)[C@H]1[C@H]2CC[C@@H](C2)[C@@H]1C(=O)Nc1ccc(C(=O)N2CCCCC2)cc1. The van der Waals surface area contributed by atoms with Gasteiger partial charge in [0.05, 0.1) is 11.8 Å². The number of aliphatic carboxylic acids is 1. The van der Waals surface area contributed by atoms with Gasteiger partial charge in [-0.15, -0.1) is 0 Å². The first-order chi connectivity index (χ1) is 13.0. The molecule has 3 fully saturated rings. The molecular formula is C21H26N2O4. The van der Waals surface area contributed by atoms with Crippen LogP contribution >= 0.6 is 0 Å². The van der Waals surface area contributed by atoms with E-state index >= 15 is 0 Å². The normalized spacial score (nSPS) is 29.6. The first-order valence-electron chi connectivity index (χ1n) is 9.97. The highest BCUT2D eigenvalue weighted by atomic mass is 16.4. The number of anilines is 1. The van der Waals surface area contributed by atoms with Gasteiger partial charge in [0.2, 0.25) is 5.91 Å². The summed E-state index contributed by atoms with van der Waals surface area (Å²) in [5.74, 6) is -1.73. The minimum atomic E-state index is -0.857. The Hall–Kier alpha value is -2.37. The Morgan fingerprint density at radius 1 is 0.926 bits per heavy atom. The lowest BCUT2D eigenvalue weighted by atomic mass is 9.78. The molecule has 2 bridgehead atoms. The number of amides is 2. The lowest BCUT2D eigenvalue weighted by Crippen LogP contribution is -2.37. The molecular weight excluding hydrogens is 344 g/mol. The average Bonchev–Trinajstić information content (AvgIpc) is 3.30. The van der Waals surface area contributed by atoms with E-state index in [9.17, 15) is 19.5 Å². The van der Waals surface area contributed by atoms with Gasteiger partial charge in [-0.25, -0.2) is 0 Å². The van der Waals surface area contributed by atoms with Crippen molar-refractivity contribution in [3.8, 4) is 0 Å². The molecule has 0 radical (unpaired) electrons. The molecule has 1 heterocycles. The second kappa shape index (κ2) is 7.33. The van der Waals surface area contributed by atoms with Crippen LogP contribution in [-0.2, 0) is 9.59 Å². The summed E-state index contributed by atoms with van der Waals surface area (Å²) in [7, 11) is 0. The van der Waals surface area contributed by atoms with Crippen molar-refractivity contribution < 1.29 is 19.5 Å². The number of fused-ring (bicyclic) bond motifs is 2. The summed E-state index contributed by atoms with van der Waals surface area (Å²) in [6.07, 6.45) is 5.98. The van der Waals surface area contributed by atoms with Gasteiger partial charge in [-0.05, 0) is 74.6 Å². The number of rotatable bonds is 4. The second-order valence-corrected chi connectivity index (χ2v) is 8.14. The molecule has 1 aliphatic heterocycles. The van der Waals surface area contributed by atoms with Crippen LogP contribution in [0.2, 0.25) is 0 Å². The van der Waals surface area contributed by atoms with Crippen LogP contribution in [0.4, 0.5) is 5.69 Å². The molecule has 144 valence electrons. The van der Waals surface area contributed by atoms with E-state index in [2.05, 4.69) is 5.32 Å². The summed E-state index contributed by atoms with van der Waals surface area (Å²) in [5, 5.41) is 12.4. The highest BCUT2D eigenvalue weighted by Gasteiger charge is 2.53. The fourth-order valence-electron chi connectivity index (χ4n) is 5.23. The van der Waals surface area contributed by atoms with E-state index in [4.69, 9.17) is 0 Å². The number of benzene rings is 1. The van der Waals surface area contributed by atoms with Crippen molar-refractivity contribution in [2.75, 3.05) is 18.4 Å². The van der Waals surface area contributed by atoms with Gasteiger partial charge in [0.1, 0.15) is 0 Å². The van der Waals surface area contributed by atoms with E-state index in [0.717, 1.165) is 45.2 Å². The molecule has 2 N–H and O–H groups in total. The zero-order valence-electron chi connectivity index (χ0n) is 15.4. The third-order valence-electron chi connectivity index (χ3n) is 6.55. The molecule has 4 atom stereocenters. The van der Waals surface area contributed by atoms with Crippen molar-refractivity contribution in [3.05, 3.63) is 29.8 Å². The Morgan fingerprint density at radius 3 is 2.19 bits per heavy atom. The number of carboxylic acids is 1. The molecule has 6 heteroatoms. The van der Waals surface area contributed by atoms with Crippen molar-refractivity contribution >= 4 is 23.5 Å². The monoisotopic (exact) mass is 370 g/mol. The van der Waals surface area contributed by atoms with Gasteiger partial charge in [-0.2, -0.15) is 0 Å². The first-order valence-corrected chi connectivity index (χ1v) is 9.97. The molecule has 27 heavy (non-hydrogen) atoms. The highest BCUT2D eigenvalue weighted by Crippen LogP contribution is 2.52. The highest BCUT2D eigenvalue weighted by molar-refractivity contribution is 5.97. The maximum atomic E-state index is 12.7. The van der Waals surface area contributed by atoms with E-state index < -0.39 is 17.8 Å². The van der Waals surface area contributed by atoms with Gasteiger partial charge < -0.3 is 15.3 Å². The van der Waals surface area contributed by atoms with Crippen molar-refractivity contribution in [3.63, 3.8) is 0 Å². The molecule has 3 aliphatic rings. The number of nitrogens with one attached hydrogen (secondary N) is 1. The van der Waals surface area contributed by atoms with Crippen molar-refractivity contribution in [1.29, 1.82) is 0 Å². The third-order valence-corrected chi connectivity index (χ3v) is 6.55. The zero-order valence-corrected chi connectivity index (χ0v) is 15.4. The number of likely N-dealkylation sites (tertiary alicyclic amines) is 1. The zero-order chi connectivity index (χ0) is 19.0. The van der Waals surface area contributed by atoms with E-state index in [-0.39, 0.29) is 23.7 Å². The Labute approximate surface area is 158 Å². The Morgan fingerprint density at radius 2 is 1.56 bits per heavy atom. The maximum absolute atomic E-state index is 12.7. The van der Waals surface area contributed by atoms with Gasteiger partial charge in [0.25, 0.3) is 5.91 Å². The van der Waals surface area contributed by atoms with Crippen molar-refractivity contribution in [1.82, 2.24) is 4.90 Å². The molecule has 1 saturated heterocycles. The number of carbonyl (C=O) groups is 3. The third kappa shape index (κ3) is 3.45. The summed E-state index contributed by atoms with van der Waals surface area (Å²) >= 11 is 0. The Kier molecular flexibility index (Phi) is 4.89.